The zero-order chi connectivity index (χ0) is 13.7. The van der Waals surface area contributed by atoms with Gasteiger partial charge in [0, 0.05) is 24.5 Å². The summed E-state index contributed by atoms with van der Waals surface area (Å²) in [5, 5.41) is 12.7. The molecule has 0 aliphatic heterocycles. The van der Waals surface area contributed by atoms with Crippen molar-refractivity contribution in [3.63, 3.8) is 0 Å². The Balaban J connectivity index is 1.43. The monoisotopic (exact) mass is 277 g/mol. The molecule has 0 radical (unpaired) electrons. The molecule has 3 nitrogen and oxygen atoms in total. The Hall–Kier alpha value is -0.570. The van der Waals surface area contributed by atoms with Gasteiger partial charge in [0.25, 0.3) is 0 Å². The highest BCUT2D eigenvalue weighted by molar-refractivity contribution is 5.80. The van der Waals surface area contributed by atoms with Gasteiger partial charge in [-0.3, -0.25) is 4.79 Å². The Labute approximate surface area is 121 Å². The van der Waals surface area contributed by atoms with E-state index in [-0.39, 0.29) is 12.6 Å². The van der Waals surface area contributed by atoms with Gasteiger partial charge in [-0.25, -0.2) is 0 Å². The van der Waals surface area contributed by atoms with Gasteiger partial charge >= 0.3 is 0 Å². The number of hydrogen-bond acceptors (Lipinski definition) is 2. The molecule has 3 heteroatoms. The highest BCUT2D eigenvalue weighted by Gasteiger charge is 2.51. The van der Waals surface area contributed by atoms with Crippen molar-refractivity contribution in [3.8, 4) is 0 Å². The van der Waals surface area contributed by atoms with E-state index in [4.69, 9.17) is 0 Å². The molecule has 2 N–H and O–H groups in total. The normalized spacial score (nSPS) is 49.5. The second-order valence-electron chi connectivity index (χ2n) is 7.95. The van der Waals surface area contributed by atoms with Crippen LogP contribution >= 0.6 is 0 Å². The predicted octanol–water partition coefficient (Wildman–Crippen LogP) is 2.34. The number of carbonyl (C=O) groups excluding carboxylic acids is 1. The molecule has 0 aromatic rings. The number of rotatable bonds is 3. The van der Waals surface area contributed by atoms with Crippen molar-refractivity contribution >= 4 is 5.91 Å². The highest BCUT2D eigenvalue weighted by atomic mass is 16.3. The molecule has 20 heavy (non-hydrogen) atoms. The molecule has 1 amide bonds. The second kappa shape index (κ2) is 5.01. The first-order valence-corrected chi connectivity index (χ1v) is 8.65. The molecule has 2 atom stereocenters. The Morgan fingerprint density at radius 2 is 1.65 bits per heavy atom. The number of aliphatic hydroxyl groups is 1. The maximum absolute atomic E-state index is 12.8. The summed E-state index contributed by atoms with van der Waals surface area (Å²) in [6, 6.07) is 0.240. The van der Waals surface area contributed by atoms with E-state index < -0.39 is 0 Å². The molecule has 0 saturated heterocycles. The van der Waals surface area contributed by atoms with Crippen LogP contribution < -0.4 is 5.32 Å². The summed E-state index contributed by atoms with van der Waals surface area (Å²) in [6.45, 7) is 0.229. The van der Waals surface area contributed by atoms with Crippen molar-refractivity contribution < 1.29 is 9.90 Å². The van der Waals surface area contributed by atoms with E-state index in [2.05, 4.69) is 5.32 Å². The van der Waals surface area contributed by atoms with Gasteiger partial charge in [-0.15, -0.1) is 0 Å². The van der Waals surface area contributed by atoms with Crippen molar-refractivity contribution in [1.29, 1.82) is 0 Å². The SMILES string of the molecule is O=C(NC1CCCC1CO)C1C2CC3CC(C2)CC1C3. The number of hydrogen-bond donors (Lipinski definition) is 2. The molecule has 0 heterocycles. The van der Waals surface area contributed by atoms with Crippen molar-refractivity contribution in [2.45, 2.75) is 57.4 Å². The molecule has 5 saturated carbocycles. The fraction of sp³-hybridized carbons (Fsp3) is 0.941. The predicted molar refractivity (Wildman–Crippen MR) is 76.9 cm³/mol. The topological polar surface area (TPSA) is 49.3 Å². The summed E-state index contributed by atoms with van der Waals surface area (Å²) in [6.07, 6.45) is 9.94. The maximum Gasteiger partial charge on any atom is 0.223 e. The fourth-order valence-electron chi connectivity index (χ4n) is 6.08. The summed E-state index contributed by atoms with van der Waals surface area (Å²) in [5.41, 5.74) is 0. The van der Waals surface area contributed by atoms with E-state index in [0.29, 0.717) is 29.6 Å². The average molecular weight is 277 g/mol. The van der Waals surface area contributed by atoms with E-state index in [1.807, 2.05) is 0 Å². The molecular formula is C17H27NO2. The van der Waals surface area contributed by atoms with Crippen molar-refractivity contribution in [2.75, 3.05) is 6.61 Å². The van der Waals surface area contributed by atoms with Crippen molar-refractivity contribution in [1.82, 2.24) is 5.32 Å². The van der Waals surface area contributed by atoms with Crippen molar-refractivity contribution in [2.24, 2.45) is 35.5 Å². The molecule has 0 aromatic carbocycles. The summed E-state index contributed by atoms with van der Waals surface area (Å²) < 4.78 is 0. The summed E-state index contributed by atoms with van der Waals surface area (Å²) in [7, 11) is 0. The van der Waals surface area contributed by atoms with Crippen molar-refractivity contribution in [3.05, 3.63) is 0 Å². The third kappa shape index (κ3) is 2.09. The molecule has 5 rings (SSSR count). The highest BCUT2D eigenvalue weighted by Crippen LogP contribution is 2.56. The van der Waals surface area contributed by atoms with Gasteiger partial charge in [-0.05, 0) is 68.6 Å². The lowest BCUT2D eigenvalue weighted by Crippen LogP contribution is -2.53. The fourth-order valence-corrected chi connectivity index (χ4v) is 6.08. The van der Waals surface area contributed by atoms with E-state index in [1.165, 1.54) is 32.1 Å². The number of nitrogens with one attached hydrogen (secondary N) is 1. The summed E-state index contributed by atoms with van der Waals surface area (Å²) in [5.74, 6) is 4.11. The largest absolute Gasteiger partial charge is 0.396 e. The van der Waals surface area contributed by atoms with Crippen LogP contribution in [0.3, 0.4) is 0 Å². The van der Waals surface area contributed by atoms with E-state index in [9.17, 15) is 9.90 Å². The van der Waals surface area contributed by atoms with Crippen LogP contribution in [0.1, 0.15) is 51.4 Å². The van der Waals surface area contributed by atoms with Crippen LogP contribution in [0.5, 0.6) is 0 Å². The zero-order valence-corrected chi connectivity index (χ0v) is 12.3. The second-order valence-corrected chi connectivity index (χ2v) is 7.95. The number of amides is 1. The first-order chi connectivity index (χ1) is 9.74. The molecule has 0 aromatic heterocycles. The lowest BCUT2D eigenvalue weighted by molar-refractivity contribution is -0.139. The van der Waals surface area contributed by atoms with Gasteiger partial charge in [-0.2, -0.15) is 0 Å². The smallest absolute Gasteiger partial charge is 0.223 e. The Morgan fingerprint density at radius 3 is 2.25 bits per heavy atom. The third-order valence-electron chi connectivity index (χ3n) is 6.75. The van der Waals surface area contributed by atoms with Gasteiger partial charge in [0.1, 0.15) is 0 Å². The molecule has 4 bridgehead atoms. The lowest BCUT2D eigenvalue weighted by Gasteiger charge is -2.53. The molecule has 5 aliphatic rings. The minimum atomic E-state index is 0.229. The Bertz CT molecular complexity index is 366. The molecule has 5 fully saturated rings. The maximum atomic E-state index is 12.8. The molecule has 112 valence electrons. The van der Waals surface area contributed by atoms with E-state index in [1.54, 1.807) is 0 Å². The Morgan fingerprint density at radius 1 is 1.00 bits per heavy atom. The van der Waals surface area contributed by atoms with Crippen LogP contribution in [0.15, 0.2) is 0 Å². The van der Waals surface area contributed by atoms with Gasteiger partial charge in [0.05, 0.1) is 0 Å². The van der Waals surface area contributed by atoms with E-state index >= 15 is 0 Å². The minimum Gasteiger partial charge on any atom is -0.396 e. The van der Waals surface area contributed by atoms with Crippen LogP contribution in [0.2, 0.25) is 0 Å². The van der Waals surface area contributed by atoms with Gasteiger partial charge in [0.15, 0.2) is 0 Å². The summed E-state index contributed by atoms with van der Waals surface area (Å²) >= 11 is 0. The Kier molecular flexibility index (Phi) is 3.29. The van der Waals surface area contributed by atoms with Crippen LogP contribution in [-0.4, -0.2) is 23.7 Å². The number of aliphatic hydroxyl groups excluding tert-OH is 1. The van der Waals surface area contributed by atoms with Gasteiger partial charge in [-0.1, -0.05) is 6.42 Å². The molecule has 5 aliphatic carbocycles. The molecule has 0 spiro atoms. The van der Waals surface area contributed by atoms with Crippen LogP contribution in [0, 0.1) is 35.5 Å². The van der Waals surface area contributed by atoms with Crippen LogP contribution in [-0.2, 0) is 4.79 Å². The molecular weight excluding hydrogens is 250 g/mol. The molecule has 2 unspecified atom stereocenters. The lowest BCUT2D eigenvalue weighted by atomic mass is 9.51. The first kappa shape index (κ1) is 13.1. The standard InChI is InChI=1S/C17H27NO2/c19-9-12-2-1-3-15(12)18-17(20)16-13-5-10-4-11(7-13)8-14(16)6-10/h10-16,19H,1-9H2,(H,18,20). The van der Waals surface area contributed by atoms with Crippen LogP contribution in [0.25, 0.3) is 0 Å². The van der Waals surface area contributed by atoms with Gasteiger partial charge in [0.2, 0.25) is 5.91 Å². The third-order valence-corrected chi connectivity index (χ3v) is 6.75. The van der Waals surface area contributed by atoms with Crippen LogP contribution in [0.4, 0.5) is 0 Å². The van der Waals surface area contributed by atoms with E-state index in [0.717, 1.165) is 31.1 Å². The summed E-state index contributed by atoms with van der Waals surface area (Å²) in [4.78, 5) is 12.8. The quantitative estimate of drug-likeness (QED) is 0.832. The average Bonchev–Trinajstić information content (AvgIpc) is 2.84. The number of carbonyl (C=O) groups is 1. The zero-order valence-electron chi connectivity index (χ0n) is 12.3. The minimum absolute atomic E-state index is 0.229. The van der Waals surface area contributed by atoms with Gasteiger partial charge < -0.3 is 10.4 Å². The first-order valence-electron chi connectivity index (χ1n) is 8.65.